The van der Waals surface area contributed by atoms with Crippen LogP contribution in [0.4, 0.5) is 0 Å². The summed E-state index contributed by atoms with van der Waals surface area (Å²) < 4.78 is 27.2. The predicted octanol–water partition coefficient (Wildman–Crippen LogP) is 1.57. The molecule has 0 unspecified atom stereocenters. The molecule has 0 fully saturated rings. The summed E-state index contributed by atoms with van der Waals surface area (Å²) in [6.07, 6.45) is 5.33. The Bertz CT molecular complexity index is 574. The first kappa shape index (κ1) is 11.0. The van der Waals surface area contributed by atoms with Crippen molar-refractivity contribution in [1.29, 1.82) is 0 Å². The Morgan fingerprint density at radius 3 is 2.38 bits per heavy atom. The van der Waals surface area contributed by atoms with Crippen LogP contribution in [0.25, 0.3) is 0 Å². The van der Waals surface area contributed by atoms with Crippen molar-refractivity contribution in [2.45, 2.75) is 4.21 Å². The second-order valence-corrected chi connectivity index (χ2v) is 5.77. The number of rotatable bonds is 2. The summed E-state index contributed by atoms with van der Waals surface area (Å²) in [6.45, 7) is 0. The number of thiophene rings is 1. The van der Waals surface area contributed by atoms with Gasteiger partial charge in [0.25, 0.3) is 10.0 Å². The van der Waals surface area contributed by atoms with Gasteiger partial charge in [-0.2, -0.15) is 12.8 Å². The standard InChI is InChI=1S/C10H7NO3S2/c12-9-5-3-8(4-6-9)11-16(13,14)10-2-1-7-15-10/h1-7H. The van der Waals surface area contributed by atoms with Crippen LogP contribution in [0, 0.1) is 0 Å². The molecule has 4 nitrogen and oxygen atoms in total. The summed E-state index contributed by atoms with van der Waals surface area (Å²) in [6, 6.07) is 3.14. The van der Waals surface area contributed by atoms with Gasteiger partial charge in [0, 0.05) is 0 Å². The third-order valence-corrected chi connectivity index (χ3v) is 4.49. The third-order valence-electron chi connectivity index (χ3n) is 1.81. The number of sulfonamides is 1. The van der Waals surface area contributed by atoms with Crippen LogP contribution < -0.4 is 0 Å². The quantitative estimate of drug-likeness (QED) is 0.751. The maximum absolute atomic E-state index is 11.7. The highest BCUT2D eigenvalue weighted by Crippen LogP contribution is 2.18. The lowest BCUT2D eigenvalue weighted by Gasteiger charge is -1.98. The predicted molar refractivity (Wildman–Crippen MR) is 62.2 cm³/mol. The third kappa shape index (κ3) is 2.34. The molecule has 82 valence electrons. The molecule has 0 amide bonds. The van der Waals surface area contributed by atoms with Gasteiger partial charge in [-0.3, -0.25) is 4.79 Å². The van der Waals surface area contributed by atoms with E-state index in [9.17, 15) is 13.2 Å². The zero-order chi connectivity index (χ0) is 11.6. The lowest BCUT2D eigenvalue weighted by molar-refractivity contribution is -0.110. The van der Waals surface area contributed by atoms with Gasteiger partial charge in [0.1, 0.15) is 4.21 Å². The zero-order valence-corrected chi connectivity index (χ0v) is 9.66. The second kappa shape index (κ2) is 4.15. The Morgan fingerprint density at radius 1 is 1.12 bits per heavy atom. The normalized spacial score (nSPS) is 15.5. The fourth-order valence-electron chi connectivity index (χ4n) is 1.10. The lowest BCUT2D eigenvalue weighted by atomic mass is 10.2. The van der Waals surface area contributed by atoms with E-state index in [1.165, 1.54) is 30.4 Å². The average molecular weight is 253 g/mol. The van der Waals surface area contributed by atoms with Gasteiger partial charge in [0.2, 0.25) is 0 Å². The molecule has 0 N–H and O–H groups in total. The van der Waals surface area contributed by atoms with Gasteiger partial charge in [0.15, 0.2) is 5.78 Å². The van der Waals surface area contributed by atoms with E-state index in [4.69, 9.17) is 0 Å². The van der Waals surface area contributed by atoms with Crippen molar-refractivity contribution >= 4 is 32.9 Å². The van der Waals surface area contributed by atoms with Crippen molar-refractivity contribution in [2.75, 3.05) is 0 Å². The number of nitrogens with zero attached hydrogens (tertiary/aromatic N) is 1. The van der Waals surface area contributed by atoms with Crippen LogP contribution in [0.15, 0.2) is 50.4 Å². The Balaban J connectivity index is 2.35. The summed E-state index contributed by atoms with van der Waals surface area (Å²) in [5, 5.41) is 1.67. The monoisotopic (exact) mass is 253 g/mol. The smallest absolute Gasteiger partial charge is 0.290 e. The Labute approximate surface area is 96.7 Å². The first-order chi connectivity index (χ1) is 7.58. The highest BCUT2D eigenvalue weighted by atomic mass is 32.2. The highest BCUT2D eigenvalue weighted by molar-refractivity contribution is 7.92. The summed E-state index contributed by atoms with van der Waals surface area (Å²) >= 11 is 1.11. The van der Waals surface area contributed by atoms with E-state index in [0.29, 0.717) is 0 Å². The van der Waals surface area contributed by atoms with Crippen molar-refractivity contribution < 1.29 is 13.2 Å². The van der Waals surface area contributed by atoms with E-state index in [0.717, 1.165) is 11.3 Å². The molecule has 0 atom stereocenters. The van der Waals surface area contributed by atoms with E-state index in [-0.39, 0.29) is 15.7 Å². The Hall–Kier alpha value is -1.53. The van der Waals surface area contributed by atoms with Crippen molar-refractivity contribution in [3.05, 3.63) is 41.8 Å². The molecule has 0 spiro atoms. The number of hydrogen-bond donors (Lipinski definition) is 0. The molecule has 1 aromatic rings. The van der Waals surface area contributed by atoms with Gasteiger partial charge in [-0.1, -0.05) is 6.07 Å². The summed E-state index contributed by atoms with van der Waals surface area (Å²) in [5.74, 6) is -0.174. The van der Waals surface area contributed by atoms with Crippen molar-refractivity contribution in [1.82, 2.24) is 0 Å². The summed E-state index contributed by atoms with van der Waals surface area (Å²) in [7, 11) is -3.64. The van der Waals surface area contributed by atoms with Crippen LogP contribution in [0.3, 0.4) is 0 Å². The minimum atomic E-state index is -3.64. The molecule has 16 heavy (non-hydrogen) atoms. The van der Waals surface area contributed by atoms with Crippen LogP contribution in [0.2, 0.25) is 0 Å². The molecule has 1 aliphatic carbocycles. The molecule has 0 aliphatic heterocycles. The molecule has 0 radical (unpaired) electrons. The van der Waals surface area contributed by atoms with Crippen LogP contribution >= 0.6 is 11.3 Å². The number of hydrogen-bond acceptors (Lipinski definition) is 4. The van der Waals surface area contributed by atoms with E-state index in [1.54, 1.807) is 11.4 Å². The van der Waals surface area contributed by atoms with E-state index < -0.39 is 10.0 Å². The number of allylic oxidation sites excluding steroid dienone is 4. The summed E-state index contributed by atoms with van der Waals surface area (Å²) in [4.78, 5) is 10.8. The minimum absolute atomic E-state index is 0.174. The van der Waals surface area contributed by atoms with Crippen LogP contribution in [0.5, 0.6) is 0 Å². The van der Waals surface area contributed by atoms with Gasteiger partial charge in [-0.25, -0.2) is 0 Å². The number of carbonyl (C=O) groups excluding carboxylic acids is 1. The first-order valence-corrected chi connectivity index (χ1v) is 6.68. The van der Waals surface area contributed by atoms with Gasteiger partial charge >= 0.3 is 0 Å². The van der Waals surface area contributed by atoms with Crippen molar-refractivity contribution in [2.24, 2.45) is 4.40 Å². The van der Waals surface area contributed by atoms with Crippen LogP contribution in [-0.4, -0.2) is 19.9 Å². The molecular formula is C10H7NO3S2. The number of carbonyl (C=O) groups is 1. The molecule has 0 bridgehead atoms. The number of ketones is 1. The zero-order valence-electron chi connectivity index (χ0n) is 8.03. The van der Waals surface area contributed by atoms with E-state index in [2.05, 4.69) is 4.40 Å². The Kier molecular flexibility index (Phi) is 2.84. The fraction of sp³-hybridized carbons (Fsp3) is 0. The maximum Gasteiger partial charge on any atom is 0.292 e. The minimum Gasteiger partial charge on any atom is -0.290 e. The topological polar surface area (TPSA) is 63.6 Å². The summed E-state index contributed by atoms with van der Waals surface area (Å²) in [5.41, 5.74) is 0.257. The molecule has 0 saturated heterocycles. The molecular weight excluding hydrogens is 246 g/mol. The van der Waals surface area contributed by atoms with Crippen molar-refractivity contribution in [3.63, 3.8) is 0 Å². The molecule has 1 aliphatic rings. The van der Waals surface area contributed by atoms with Crippen LogP contribution in [-0.2, 0) is 14.8 Å². The van der Waals surface area contributed by atoms with Gasteiger partial charge in [0.05, 0.1) is 5.71 Å². The molecule has 0 aromatic carbocycles. The molecule has 0 saturated carbocycles. The van der Waals surface area contributed by atoms with Gasteiger partial charge in [-0.05, 0) is 35.8 Å². The SMILES string of the molecule is O=C1C=CC(=NS(=O)(=O)c2cccs2)C=C1. The molecule has 1 heterocycles. The largest absolute Gasteiger partial charge is 0.292 e. The van der Waals surface area contributed by atoms with Gasteiger partial charge < -0.3 is 0 Å². The average Bonchev–Trinajstić information content (AvgIpc) is 2.75. The second-order valence-electron chi connectivity index (χ2n) is 2.99. The fourth-order valence-corrected chi connectivity index (χ4v) is 3.05. The first-order valence-electron chi connectivity index (χ1n) is 4.36. The molecule has 6 heteroatoms. The molecule has 2 rings (SSSR count). The van der Waals surface area contributed by atoms with Crippen molar-refractivity contribution in [3.8, 4) is 0 Å². The molecule has 1 aromatic heterocycles. The maximum atomic E-state index is 11.7. The van der Waals surface area contributed by atoms with E-state index in [1.807, 2.05) is 0 Å². The Morgan fingerprint density at radius 2 is 1.81 bits per heavy atom. The van der Waals surface area contributed by atoms with Gasteiger partial charge in [-0.15, -0.1) is 11.3 Å². The van der Waals surface area contributed by atoms with E-state index >= 15 is 0 Å². The lowest BCUT2D eigenvalue weighted by Crippen LogP contribution is -2.03. The van der Waals surface area contributed by atoms with Crippen LogP contribution in [0.1, 0.15) is 0 Å². The highest BCUT2D eigenvalue weighted by Gasteiger charge is 2.14.